The number of aromatic nitrogens is 2. The van der Waals surface area contributed by atoms with Crippen LogP contribution >= 0.6 is 0 Å². The van der Waals surface area contributed by atoms with Crippen LogP contribution in [-0.2, 0) is 4.74 Å². The van der Waals surface area contributed by atoms with E-state index in [2.05, 4.69) is 9.97 Å². The molecule has 2 rings (SSSR count). The lowest BCUT2D eigenvalue weighted by Gasteiger charge is -2.04. The van der Waals surface area contributed by atoms with E-state index in [1.807, 2.05) is 0 Å². The minimum atomic E-state index is -0.619. The Morgan fingerprint density at radius 3 is 2.63 bits per heavy atom. The Hall–Kier alpha value is -2.48. The molecule has 2 aromatic rings. The molecule has 8 nitrogen and oxygen atoms in total. The van der Waals surface area contributed by atoms with Gasteiger partial charge in [-0.3, -0.25) is 10.1 Å². The summed E-state index contributed by atoms with van der Waals surface area (Å²) in [5.41, 5.74) is 0. The quantitative estimate of drug-likeness (QED) is 0.444. The first-order valence-electron chi connectivity index (χ1n) is 5.39. The summed E-state index contributed by atoms with van der Waals surface area (Å²) in [5.74, 6) is 0.628. The molecule has 0 saturated heterocycles. The predicted octanol–water partition coefficient (Wildman–Crippen LogP) is 1.67. The number of rotatable bonds is 6. The lowest BCUT2D eigenvalue weighted by Crippen LogP contribution is -2.04. The van der Waals surface area contributed by atoms with E-state index in [1.54, 1.807) is 7.11 Å². The molecule has 0 atom stereocenters. The average Bonchev–Trinajstić information content (AvgIpc) is 2.90. The first-order valence-corrected chi connectivity index (χ1v) is 5.39. The first kappa shape index (κ1) is 13.0. The van der Waals surface area contributed by atoms with Crippen LogP contribution in [0.25, 0.3) is 11.6 Å². The molecule has 0 amide bonds. The lowest BCUT2D eigenvalue weighted by molar-refractivity contribution is -0.401. The van der Waals surface area contributed by atoms with Gasteiger partial charge in [0.15, 0.2) is 17.3 Å². The molecule has 0 aromatic carbocycles. The summed E-state index contributed by atoms with van der Waals surface area (Å²) in [6, 6.07) is 2.70. The molecular weight excluding hydrogens is 254 g/mol. The lowest BCUT2D eigenvalue weighted by atomic mass is 10.4. The van der Waals surface area contributed by atoms with E-state index in [-0.39, 0.29) is 17.5 Å². The molecule has 100 valence electrons. The molecule has 8 heteroatoms. The van der Waals surface area contributed by atoms with Crippen molar-refractivity contribution in [3.63, 3.8) is 0 Å². The second-order valence-corrected chi connectivity index (χ2v) is 3.48. The number of nitro groups is 1. The number of hydrogen-bond acceptors (Lipinski definition) is 7. The van der Waals surface area contributed by atoms with Crippen LogP contribution in [0.4, 0.5) is 5.88 Å². The minimum Gasteiger partial charge on any atom is -0.488 e. The van der Waals surface area contributed by atoms with Gasteiger partial charge in [-0.15, -0.1) is 0 Å². The summed E-state index contributed by atoms with van der Waals surface area (Å²) in [6.45, 7) is 0.859. The molecule has 0 saturated carbocycles. The summed E-state index contributed by atoms with van der Waals surface area (Å²) >= 11 is 0. The molecule has 0 aliphatic rings. The van der Waals surface area contributed by atoms with Crippen molar-refractivity contribution in [3.8, 4) is 17.3 Å². The number of nitrogens with zero attached hydrogens (tertiary/aromatic N) is 3. The van der Waals surface area contributed by atoms with Crippen LogP contribution < -0.4 is 4.74 Å². The highest BCUT2D eigenvalue weighted by molar-refractivity contribution is 5.48. The molecule has 19 heavy (non-hydrogen) atoms. The molecular formula is C11H11N3O5. The Balaban J connectivity index is 2.06. The van der Waals surface area contributed by atoms with Gasteiger partial charge in [0.05, 0.1) is 25.1 Å². The largest absolute Gasteiger partial charge is 0.488 e. The highest BCUT2D eigenvalue weighted by atomic mass is 16.6. The normalized spacial score (nSPS) is 10.4. The third kappa shape index (κ3) is 3.26. The van der Waals surface area contributed by atoms with Gasteiger partial charge in [-0.2, -0.15) is 0 Å². The molecule has 0 aliphatic heterocycles. The monoisotopic (exact) mass is 265 g/mol. The van der Waals surface area contributed by atoms with Gasteiger partial charge in [-0.05, 0) is 6.07 Å². The van der Waals surface area contributed by atoms with E-state index in [4.69, 9.17) is 13.9 Å². The predicted molar refractivity (Wildman–Crippen MR) is 63.8 cm³/mol. The first-order chi connectivity index (χ1) is 9.20. The van der Waals surface area contributed by atoms with Gasteiger partial charge < -0.3 is 13.9 Å². The van der Waals surface area contributed by atoms with Crippen molar-refractivity contribution in [2.24, 2.45) is 0 Å². The van der Waals surface area contributed by atoms with Gasteiger partial charge in [-0.25, -0.2) is 9.97 Å². The van der Waals surface area contributed by atoms with E-state index in [9.17, 15) is 10.1 Å². The van der Waals surface area contributed by atoms with Gasteiger partial charge in [0.1, 0.15) is 11.5 Å². The zero-order chi connectivity index (χ0) is 13.7. The van der Waals surface area contributed by atoms with E-state index in [0.717, 1.165) is 0 Å². The molecule has 2 aromatic heterocycles. The zero-order valence-electron chi connectivity index (χ0n) is 10.1. The van der Waals surface area contributed by atoms with Gasteiger partial charge in [0, 0.05) is 7.11 Å². The van der Waals surface area contributed by atoms with E-state index in [1.165, 1.54) is 24.5 Å². The molecule has 0 aliphatic carbocycles. The van der Waals surface area contributed by atoms with E-state index in [0.29, 0.717) is 19.0 Å². The van der Waals surface area contributed by atoms with Crippen LogP contribution in [-0.4, -0.2) is 35.2 Å². The van der Waals surface area contributed by atoms with Crippen LogP contribution in [0.5, 0.6) is 5.75 Å². The Bertz CT molecular complexity index is 552. The third-order valence-corrected chi connectivity index (χ3v) is 2.18. The van der Waals surface area contributed by atoms with Crippen molar-refractivity contribution in [1.82, 2.24) is 9.97 Å². The second kappa shape index (κ2) is 5.91. The SMILES string of the molecule is COCCOc1cnc(-c2ccc([N+](=O)[O-])o2)nc1. The molecule has 0 bridgehead atoms. The average molecular weight is 265 g/mol. The summed E-state index contributed by atoms with van der Waals surface area (Å²) in [7, 11) is 1.58. The minimum absolute atomic E-state index is 0.232. The van der Waals surface area contributed by atoms with E-state index < -0.39 is 4.92 Å². The number of ether oxygens (including phenoxy) is 2. The fourth-order valence-corrected chi connectivity index (χ4v) is 1.31. The Morgan fingerprint density at radius 2 is 2.05 bits per heavy atom. The molecule has 2 heterocycles. The van der Waals surface area contributed by atoms with Gasteiger partial charge in [0.25, 0.3) is 0 Å². The third-order valence-electron chi connectivity index (χ3n) is 2.18. The summed E-state index contributed by atoms with van der Waals surface area (Å²) in [6.07, 6.45) is 2.93. The number of hydrogen-bond donors (Lipinski definition) is 0. The zero-order valence-corrected chi connectivity index (χ0v) is 10.1. The van der Waals surface area contributed by atoms with Gasteiger partial charge in [0.2, 0.25) is 0 Å². The fraction of sp³-hybridized carbons (Fsp3) is 0.273. The van der Waals surface area contributed by atoms with Crippen LogP contribution in [0.3, 0.4) is 0 Å². The smallest absolute Gasteiger partial charge is 0.433 e. The summed E-state index contributed by atoms with van der Waals surface area (Å²) in [5, 5.41) is 10.5. The topological polar surface area (TPSA) is 101 Å². The summed E-state index contributed by atoms with van der Waals surface area (Å²) < 4.78 is 15.1. The van der Waals surface area contributed by atoms with Crippen molar-refractivity contribution in [2.45, 2.75) is 0 Å². The molecule has 0 spiro atoms. The van der Waals surface area contributed by atoms with E-state index >= 15 is 0 Å². The maximum atomic E-state index is 10.5. The molecule has 0 N–H and O–H groups in total. The van der Waals surface area contributed by atoms with Crippen molar-refractivity contribution in [2.75, 3.05) is 20.3 Å². The highest BCUT2D eigenvalue weighted by Crippen LogP contribution is 2.23. The molecule has 0 unspecified atom stereocenters. The standard InChI is InChI=1S/C11H11N3O5/c1-17-4-5-18-8-6-12-11(13-7-8)9-2-3-10(19-9)14(15)16/h2-3,6-7H,4-5H2,1H3. The van der Waals surface area contributed by atoms with Crippen molar-refractivity contribution in [3.05, 3.63) is 34.6 Å². The number of methoxy groups -OCH3 is 1. The Morgan fingerprint density at radius 1 is 1.32 bits per heavy atom. The number of furan rings is 1. The van der Waals surface area contributed by atoms with Crippen molar-refractivity contribution < 1.29 is 18.8 Å². The Labute approximate surface area is 108 Å². The van der Waals surface area contributed by atoms with Crippen LogP contribution in [0.15, 0.2) is 28.9 Å². The fourth-order valence-electron chi connectivity index (χ4n) is 1.31. The van der Waals surface area contributed by atoms with Crippen LogP contribution in [0, 0.1) is 10.1 Å². The molecule has 0 fully saturated rings. The second-order valence-electron chi connectivity index (χ2n) is 3.48. The van der Waals surface area contributed by atoms with Crippen LogP contribution in [0.1, 0.15) is 0 Å². The molecule has 0 radical (unpaired) electrons. The van der Waals surface area contributed by atoms with Gasteiger partial charge >= 0.3 is 5.88 Å². The van der Waals surface area contributed by atoms with Crippen molar-refractivity contribution in [1.29, 1.82) is 0 Å². The highest BCUT2D eigenvalue weighted by Gasteiger charge is 2.14. The summed E-state index contributed by atoms with van der Waals surface area (Å²) in [4.78, 5) is 17.9. The van der Waals surface area contributed by atoms with Gasteiger partial charge in [-0.1, -0.05) is 0 Å². The maximum absolute atomic E-state index is 10.5. The maximum Gasteiger partial charge on any atom is 0.433 e. The van der Waals surface area contributed by atoms with Crippen LogP contribution in [0.2, 0.25) is 0 Å². The Kier molecular flexibility index (Phi) is 4.04. The van der Waals surface area contributed by atoms with Crippen molar-refractivity contribution >= 4 is 5.88 Å².